The molecule has 0 unspecified atom stereocenters. The van der Waals surface area contributed by atoms with Gasteiger partial charge in [0.2, 0.25) is 0 Å². The molecule has 3 heteroatoms. The van der Waals surface area contributed by atoms with Crippen molar-refractivity contribution in [3.05, 3.63) is 23.8 Å². The second kappa shape index (κ2) is 14.9. The van der Waals surface area contributed by atoms with E-state index in [1.165, 1.54) is 76.7 Å². The molecule has 3 N–H and O–H groups in total. The van der Waals surface area contributed by atoms with Gasteiger partial charge in [0.15, 0.2) is 0 Å². The van der Waals surface area contributed by atoms with E-state index in [9.17, 15) is 15.3 Å². The second-order valence-electron chi connectivity index (χ2n) is 7.73. The summed E-state index contributed by atoms with van der Waals surface area (Å²) < 4.78 is 0. The minimum atomic E-state index is -0.0741. The van der Waals surface area contributed by atoms with Crippen LogP contribution >= 0.6 is 0 Å². The summed E-state index contributed by atoms with van der Waals surface area (Å²) in [6, 6.07) is 4.84. The predicted molar refractivity (Wildman–Crippen MR) is 110 cm³/mol. The summed E-state index contributed by atoms with van der Waals surface area (Å²) in [5, 5.41) is 28.8. The fraction of sp³-hybridized carbons (Fsp3) is 0.739. The first-order valence-electron chi connectivity index (χ1n) is 10.8. The molecule has 0 saturated heterocycles. The second-order valence-corrected chi connectivity index (χ2v) is 7.73. The zero-order chi connectivity index (χ0) is 19.0. The lowest BCUT2D eigenvalue weighted by molar-refractivity contribution is 0.147. The van der Waals surface area contributed by atoms with Crippen LogP contribution in [0.4, 0.5) is 0 Å². The van der Waals surface area contributed by atoms with Gasteiger partial charge in [-0.2, -0.15) is 0 Å². The van der Waals surface area contributed by atoms with Crippen molar-refractivity contribution >= 4 is 0 Å². The lowest BCUT2D eigenvalue weighted by Crippen LogP contribution is -2.05. The van der Waals surface area contributed by atoms with Gasteiger partial charge in [-0.1, -0.05) is 77.6 Å². The summed E-state index contributed by atoms with van der Waals surface area (Å²) in [5.74, 6) is 0.293. The molecule has 3 nitrogen and oxygen atoms in total. The zero-order valence-electron chi connectivity index (χ0n) is 16.8. The van der Waals surface area contributed by atoms with Crippen LogP contribution in [0.2, 0.25) is 0 Å². The number of unbranched alkanes of at least 4 members (excludes halogenated alkanes) is 10. The predicted octanol–water partition coefficient (Wildman–Crippen LogP) is 6.48. The Balaban J connectivity index is 1.86. The number of rotatable bonds is 16. The lowest BCUT2D eigenvalue weighted by Gasteiger charge is -2.09. The molecule has 1 aromatic rings. The lowest BCUT2D eigenvalue weighted by atomic mass is 10.0. The smallest absolute Gasteiger partial charge is 0.119 e. The number of hydrogen-bond acceptors (Lipinski definition) is 3. The third kappa shape index (κ3) is 12.2. The van der Waals surface area contributed by atoms with Crippen molar-refractivity contribution in [1.29, 1.82) is 0 Å². The van der Waals surface area contributed by atoms with E-state index in [0.29, 0.717) is 0 Å². The van der Waals surface area contributed by atoms with Gasteiger partial charge in [-0.05, 0) is 43.4 Å². The number of phenols is 2. The van der Waals surface area contributed by atoms with Gasteiger partial charge in [-0.15, -0.1) is 0 Å². The average molecular weight is 365 g/mol. The van der Waals surface area contributed by atoms with Crippen LogP contribution in [0.25, 0.3) is 0 Å². The van der Waals surface area contributed by atoms with Crippen molar-refractivity contribution in [1.82, 2.24) is 0 Å². The highest BCUT2D eigenvalue weighted by atomic mass is 16.3. The number of aliphatic hydroxyl groups is 1. The maximum Gasteiger partial charge on any atom is 0.119 e. The Morgan fingerprint density at radius 1 is 0.654 bits per heavy atom. The maximum absolute atomic E-state index is 9.88. The van der Waals surface area contributed by atoms with Crippen LogP contribution in [-0.2, 0) is 6.42 Å². The van der Waals surface area contributed by atoms with E-state index in [0.717, 1.165) is 31.2 Å². The van der Waals surface area contributed by atoms with Crippen molar-refractivity contribution in [2.75, 3.05) is 0 Å². The molecule has 150 valence electrons. The number of benzene rings is 1. The Bertz CT molecular complexity index is 439. The molecule has 1 aromatic carbocycles. The first kappa shape index (κ1) is 22.8. The normalized spacial score (nSPS) is 12.4. The van der Waals surface area contributed by atoms with E-state index in [2.05, 4.69) is 6.92 Å². The molecule has 1 atom stereocenters. The summed E-state index contributed by atoms with van der Waals surface area (Å²) >= 11 is 0. The van der Waals surface area contributed by atoms with Gasteiger partial charge in [0.1, 0.15) is 11.5 Å². The zero-order valence-corrected chi connectivity index (χ0v) is 16.8. The van der Waals surface area contributed by atoms with E-state index in [-0.39, 0.29) is 17.6 Å². The molecule has 26 heavy (non-hydrogen) atoms. The highest BCUT2D eigenvalue weighted by Crippen LogP contribution is 2.22. The molecule has 0 fully saturated rings. The molecule has 0 saturated carbocycles. The standard InChI is InChI=1S/C23H40O3/c1-2-3-11-15-21(24)16-13-10-8-6-4-5-7-9-12-14-20-17-22(25)19-23(26)18-20/h17-19,21,24-26H,2-16H2,1H3/t21-/m0/s1. The minimum absolute atomic E-state index is 0.0741. The summed E-state index contributed by atoms with van der Waals surface area (Å²) in [6.45, 7) is 2.20. The summed E-state index contributed by atoms with van der Waals surface area (Å²) in [7, 11) is 0. The van der Waals surface area contributed by atoms with Crippen LogP contribution in [-0.4, -0.2) is 21.4 Å². The van der Waals surface area contributed by atoms with E-state index in [4.69, 9.17) is 0 Å². The number of hydrogen-bond donors (Lipinski definition) is 3. The largest absolute Gasteiger partial charge is 0.508 e. The fourth-order valence-electron chi connectivity index (χ4n) is 3.52. The van der Waals surface area contributed by atoms with Gasteiger partial charge in [0, 0.05) is 6.07 Å². The Labute approximate surface area is 160 Å². The van der Waals surface area contributed by atoms with Gasteiger partial charge in [0.05, 0.1) is 6.10 Å². The topological polar surface area (TPSA) is 60.7 Å². The van der Waals surface area contributed by atoms with E-state index >= 15 is 0 Å². The molecular weight excluding hydrogens is 324 g/mol. The van der Waals surface area contributed by atoms with E-state index in [1.807, 2.05) is 0 Å². The SMILES string of the molecule is CCCCC[C@H](O)CCCCCCCCCCCc1cc(O)cc(O)c1. The Morgan fingerprint density at radius 3 is 1.65 bits per heavy atom. The third-order valence-corrected chi connectivity index (χ3v) is 5.11. The van der Waals surface area contributed by atoms with Crippen molar-refractivity contribution in [2.24, 2.45) is 0 Å². The Morgan fingerprint density at radius 2 is 1.12 bits per heavy atom. The molecule has 0 aliphatic heterocycles. The number of aliphatic hydroxyl groups excluding tert-OH is 1. The molecule has 0 heterocycles. The van der Waals surface area contributed by atoms with Crippen LogP contribution < -0.4 is 0 Å². The summed E-state index contributed by atoms with van der Waals surface area (Å²) in [4.78, 5) is 0. The Kier molecular flexibility index (Phi) is 13.1. The molecule has 0 amide bonds. The molecule has 0 aliphatic rings. The molecule has 0 bridgehead atoms. The quantitative estimate of drug-likeness (QED) is 0.294. The van der Waals surface area contributed by atoms with Crippen molar-refractivity contribution in [3.63, 3.8) is 0 Å². The first-order chi connectivity index (χ1) is 12.6. The molecule has 0 radical (unpaired) electrons. The number of aromatic hydroxyl groups is 2. The number of aryl methyl sites for hydroxylation is 1. The number of phenolic OH excluding ortho intramolecular Hbond substituents is 2. The molecule has 1 rings (SSSR count). The van der Waals surface area contributed by atoms with Crippen molar-refractivity contribution < 1.29 is 15.3 Å². The van der Waals surface area contributed by atoms with Crippen molar-refractivity contribution in [2.45, 2.75) is 109 Å². The van der Waals surface area contributed by atoms with Gasteiger partial charge in [-0.3, -0.25) is 0 Å². The minimum Gasteiger partial charge on any atom is -0.508 e. The molecule has 0 spiro atoms. The van der Waals surface area contributed by atoms with Crippen LogP contribution in [0.15, 0.2) is 18.2 Å². The van der Waals surface area contributed by atoms with Crippen molar-refractivity contribution in [3.8, 4) is 11.5 Å². The van der Waals surface area contributed by atoms with E-state index < -0.39 is 0 Å². The van der Waals surface area contributed by atoms with Crippen LogP contribution in [0.3, 0.4) is 0 Å². The highest BCUT2D eigenvalue weighted by Gasteiger charge is 2.03. The maximum atomic E-state index is 9.88. The van der Waals surface area contributed by atoms with Gasteiger partial charge >= 0.3 is 0 Å². The van der Waals surface area contributed by atoms with Crippen LogP contribution in [0.1, 0.15) is 102 Å². The Hall–Kier alpha value is -1.22. The van der Waals surface area contributed by atoms with E-state index in [1.54, 1.807) is 12.1 Å². The highest BCUT2D eigenvalue weighted by molar-refractivity contribution is 5.36. The van der Waals surface area contributed by atoms with Gasteiger partial charge in [-0.25, -0.2) is 0 Å². The van der Waals surface area contributed by atoms with Gasteiger partial charge < -0.3 is 15.3 Å². The van der Waals surface area contributed by atoms with Crippen LogP contribution in [0.5, 0.6) is 11.5 Å². The molecule has 0 aliphatic carbocycles. The first-order valence-corrected chi connectivity index (χ1v) is 10.8. The summed E-state index contributed by atoms with van der Waals surface area (Å²) in [5.41, 5.74) is 1.01. The molecule has 0 aromatic heterocycles. The average Bonchev–Trinajstić information content (AvgIpc) is 2.59. The van der Waals surface area contributed by atoms with Crippen LogP contribution in [0, 0.1) is 0 Å². The summed E-state index contributed by atoms with van der Waals surface area (Å²) in [6.07, 6.45) is 17.7. The molecular formula is C23H40O3. The fourth-order valence-corrected chi connectivity index (χ4v) is 3.52. The third-order valence-electron chi connectivity index (χ3n) is 5.11. The van der Waals surface area contributed by atoms with Gasteiger partial charge in [0.25, 0.3) is 0 Å². The monoisotopic (exact) mass is 364 g/mol.